The summed E-state index contributed by atoms with van der Waals surface area (Å²) in [5.74, 6) is -0.0211. The van der Waals surface area contributed by atoms with Gasteiger partial charge in [-0.05, 0) is 48.2 Å². The minimum absolute atomic E-state index is 0.0211. The zero-order valence-electron chi connectivity index (χ0n) is 13.6. The van der Waals surface area contributed by atoms with Crippen molar-refractivity contribution in [3.63, 3.8) is 0 Å². The van der Waals surface area contributed by atoms with E-state index in [1.165, 1.54) is 12.1 Å². The first-order chi connectivity index (χ1) is 11.8. The molecule has 0 aliphatic heterocycles. The number of halogens is 3. The van der Waals surface area contributed by atoms with Gasteiger partial charge < -0.3 is 10.6 Å². The van der Waals surface area contributed by atoms with Gasteiger partial charge in [0.25, 0.3) is 0 Å². The average Bonchev–Trinajstić information content (AvgIpc) is 3.39. The molecule has 0 aromatic heterocycles. The van der Waals surface area contributed by atoms with Crippen molar-refractivity contribution in [2.45, 2.75) is 38.0 Å². The fraction of sp³-hybridized carbons (Fsp3) is 0.316. The Morgan fingerprint density at radius 1 is 1.00 bits per heavy atom. The summed E-state index contributed by atoms with van der Waals surface area (Å²) in [4.78, 5) is 14.4. The van der Waals surface area contributed by atoms with Gasteiger partial charge in [-0.2, -0.15) is 13.2 Å². The topological polar surface area (TPSA) is 46.3 Å². The summed E-state index contributed by atoms with van der Waals surface area (Å²) in [7, 11) is 0. The number of carbonyl (C=O) groups is 1. The van der Waals surface area contributed by atoms with Crippen LogP contribution in [0.3, 0.4) is 0 Å². The maximum absolute atomic E-state index is 12.6. The molecular weight excluding hydrogens is 329 g/mol. The molecular formula is C19H19F3N2O. The van der Waals surface area contributed by atoms with Crippen molar-refractivity contribution >= 4 is 11.6 Å². The molecule has 0 bridgehead atoms. The highest BCUT2D eigenvalue weighted by molar-refractivity contribution is 5.79. The summed E-state index contributed by atoms with van der Waals surface area (Å²) >= 11 is 0. The zero-order valence-corrected chi connectivity index (χ0v) is 13.6. The molecule has 1 fully saturated rings. The van der Waals surface area contributed by atoms with E-state index in [0.29, 0.717) is 17.8 Å². The highest BCUT2D eigenvalue weighted by Gasteiger charge is 2.33. The van der Waals surface area contributed by atoms with E-state index in [-0.39, 0.29) is 18.4 Å². The summed E-state index contributed by atoms with van der Waals surface area (Å²) in [6.07, 6.45) is -2.21. The quantitative estimate of drug-likeness (QED) is 0.830. The van der Waals surface area contributed by atoms with Crippen molar-refractivity contribution in [2.24, 2.45) is 0 Å². The average molecular weight is 348 g/mol. The van der Waals surface area contributed by atoms with Crippen LogP contribution in [0.15, 0.2) is 48.5 Å². The molecule has 0 heterocycles. The van der Waals surface area contributed by atoms with Crippen LogP contribution >= 0.6 is 0 Å². The zero-order chi connectivity index (χ0) is 18.0. The van der Waals surface area contributed by atoms with Gasteiger partial charge in [0.05, 0.1) is 12.0 Å². The molecule has 0 saturated heterocycles. The molecule has 0 atom stereocenters. The van der Waals surface area contributed by atoms with Crippen molar-refractivity contribution in [3.05, 3.63) is 65.2 Å². The summed E-state index contributed by atoms with van der Waals surface area (Å²) in [5.41, 5.74) is 7.18. The Bertz CT molecular complexity index is 735. The second-order valence-electron chi connectivity index (χ2n) is 6.37. The molecule has 6 heteroatoms. The predicted octanol–water partition coefficient (Wildman–Crippen LogP) is 4.02. The van der Waals surface area contributed by atoms with E-state index < -0.39 is 11.7 Å². The van der Waals surface area contributed by atoms with E-state index >= 15 is 0 Å². The van der Waals surface area contributed by atoms with Gasteiger partial charge in [0.15, 0.2) is 0 Å². The first-order valence-corrected chi connectivity index (χ1v) is 8.13. The van der Waals surface area contributed by atoms with Gasteiger partial charge in [0, 0.05) is 18.3 Å². The Morgan fingerprint density at radius 3 is 2.08 bits per heavy atom. The van der Waals surface area contributed by atoms with Crippen LogP contribution in [0, 0.1) is 0 Å². The number of amides is 1. The van der Waals surface area contributed by atoms with Gasteiger partial charge in [-0.25, -0.2) is 0 Å². The lowest BCUT2D eigenvalue weighted by Gasteiger charge is -2.23. The van der Waals surface area contributed by atoms with E-state index in [4.69, 9.17) is 5.73 Å². The summed E-state index contributed by atoms with van der Waals surface area (Å²) in [6.45, 7) is 0.330. The van der Waals surface area contributed by atoms with Gasteiger partial charge in [-0.15, -0.1) is 0 Å². The molecule has 1 amide bonds. The fourth-order valence-corrected chi connectivity index (χ4v) is 2.71. The smallest absolute Gasteiger partial charge is 0.399 e. The third-order valence-electron chi connectivity index (χ3n) is 4.28. The van der Waals surface area contributed by atoms with Crippen LogP contribution in [0.5, 0.6) is 0 Å². The van der Waals surface area contributed by atoms with Crippen molar-refractivity contribution in [3.8, 4) is 0 Å². The number of anilines is 1. The number of benzene rings is 2. The molecule has 1 aliphatic carbocycles. The van der Waals surface area contributed by atoms with Crippen molar-refractivity contribution in [1.82, 2.24) is 4.90 Å². The summed E-state index contributed by atoms with van der Waals surface area (Å²) in [6, 6.07) is 12.3. The molecule has 1 aliphatic rings. The molecule has 2 aromatic carbocycles. The van der Waals surface area contributed by atoms with Crippen LogP contribution in [0.4, 0.5) is 18.9 Å². The number of alkyl halides is 3. The molecule has 0 unspecified atom stereocenters. The van der Waals surface area contributed by atoms with Crippen LogP contribution in [0.25, 0.3) is 0 Å². The second kappa shape index (κ2) is 6.78. The van der Waals surface area contributed by atoms with Gasteiger partial charge >= 0.3 is 6.18 Å². The first kappa shape index (κ1) is 17.3. The summed E-state index contributed by atoms with van der Waals surface area (Å²) < 4.78 is 37.9. The monoisotopic (exact) mass is 348 g/mol. The lowest BCUT2D eigenvalue weighted by atomic mass is 10.1. The lowest BCUT2D eigenvalue weighted by molar-refractivity contribution is -0.137. The Morgan fingerprint density at radius 2 is 1.56 bits per heavy atom. The van der Waals surface area contributed by atoms with Gasteiger partial charge in [0.2, 0.25) is 5.91 Å². The second-order valence-corrected chi connectivity index (χ2v) is 6.37. The first-order valence-electron chi connectivity index (χ1n) is 8.13. The van der Waals surface area contributed by atoms with E-state index in [1.54, 1.807) is 17.0 Å². The molecule has 2 N–H and O–H groups in total. The van der Waals surface area contributed by atoms with Crippen molar-refractivity contribution < 1.29 is 18.0 Å². The van der Waals surface area contributed by atoms with Gasteiger partial charge in [-0.3, -0.25) is 4.79 Å². The Hall–Kier alpha value is -2.50. The Labute approximate surface area is 144 Å². The number of nitrogen functional groups attached to an aromatic ring is 1. The van der Waals surface area contributed by atoms with E-state index in [9.17, 15) is 18.0 Å². The molecule has 132 valence electrons. The van der Waals surface area contributed by atoms with E-state index in [2.05, 4.69) is 0 Å². The van der Waals surface area contributed by atoms with E-state index in [0.717, 1.165) is 30.5 Å². The van der Waals surface area contributed by atoms with Gasteiger partial charge in [-0.1, -0.05) is 24.3 Å². The largest absolute Gasteiger partial charge is 0.416 e. The molecule has 3 rings (SSSR count). The Kier molecular flexibility index (Phi) is 4.70. The molecule has 0 radical (unpaired) electrons. The maximum Gasteiger partial charge on any atom is 0.416 e. The fourth-order valence-electron chi connectivity index (χ4n) is 2.71. The standard InChI is InChI=1S/C19H19F3N2O/c20-19(21,22)15-5-1-14(2-6-15)12-24(17-9-10-17)18(25)11-13-3-7-16(23)8-4-13/h1-8,17H,9-12,23H2. The van der Waals surface area contributed by atoms with Crippen molar-refractivity contribution in [1.29, 1.82) is 0 Å². The number of rotatable bonds is 5. The van der Waals surface area contributed by atoms with Crippen LogP contribution in [0.1, 0.15) is 29.5 Å². The third kappa shape index (κ3) is 4.53. The van der Waals surface area contributed by atoms with Crippen LogP contribution < -0.4 is 5.73 Å². The highest BCUT2D eigenvalue weighted by atomic mass is 19.4. The van der Waals surface area contributed by atoms with E-state index in [1.807, 2.05) is 12.1 Å². The molecule has 2 aromatic rings. The predicted molar refractivity (Wildman–Crippen MR) is 89.6 cm³/mol. The maximum atomic E-state index is 12.6. The minimum Gasteiger partial charge on any atom is -0.399 e. The number of carbonyl (C=O) groups excluding carboxylic acids is 1. The number of nitrogens with zero attached hydrogens (tertiary/aromatic N) is 1. The van der Waals surface area contributed by atoms with Crippen molar-refractivity contribution in [2.75, 3.05) is 5.73 Å². The summed E-state index contributed by atoms with van der Waals surface area (Å²) in [5, 5.41) is 0. The number of hydrogen-bond donors (Lipinski definition) is 1. The van der Waals surface area contributed by atoms with Crippen LogP contribution in [0.2, 0.25) is 0 Å². The molecule has 0 spiro atoms. The molecule has 25 heavy (non-hydrogen) atoms. The highest BCUT2D eigenvalue weighted by Crippen LogP contribution is 2.31. The third-order valence-corrected chi connectivity index (χ3v) is 4.28. The molecule has 1 saturated carbocycles. The lowest BCUT2D eigenvalue weighted by Crippen LogP contribution is -2.33. The number of nitrogens with two attached hydrogens (primary N) is 1. The minimum atomic E-state index is -4.35. The van der Waals surface area contributed by atoms with Crippen LogP contribution in [-0.4, -0.2) is 16.8 Å². The van der Waals surface area contributed by atoms with Crippen LogP contribution in [-0.2, 0) is 23.9 Å². The van der Waals surface area contributed by atoms with Gasteiger partial charge in [0.1, 0.15) is 0 Å². The SMILES string of the molecule is Nc1ccc(CC(=O)N(Cc2ccc(C(F)(F)F)cc2)C2CC2)cc1. The molecule has 3 nitrogen and oxygen atoms in total. The Balaban J connectivity index is 1.69. The number of hydrogen-bond acceptors (Lipinski definition) is 2. The normalized spacial score (nSPS) is 14.4.